The zero-order chi connectivity index (χ0) is 28.7. The van der Waals surface area contributed by atoms with Crippen LogP contribution in [0.4, 0.5) is 0 Å². The topological polar surface area (TPSA) is 110 Å². The van der Waals surface area contributed by atoms with Crippen molar-refractivity contribution >= 4 is 32.8 Å². The van der Waals surface area contributed by atoms with Gasteiger partial charge in [0, 0.05) is 61.7 Å². The van der Waals surface area contributed by atoms with Gasteiger partial charge in [0.1, 0.15) is 6.10 Å². The molecule has 218 valence electrons. The molecule has 3 heterocycles. The molecule has 2 unspecified atom stereocenters. The largest absolute Gasteiger partial charge is 0.368 e. The molecular formula is C31H38N4O5S. The van der Waals surface area contributed by atoms with Crippen LogP contribution in [0.1, 0.15) is 59.5 Å². The highest BCUT2D eigenvalue weighted by Crippen LogP contribution is 2.46. The molecule has 10 heteroatoms. The number of ketones is 1. The summed E-state index contributed by atoms with van der Waals surface area (Å²) in [4.78, 5) is 27.0. The molecule has 6 rings (SSSR count). The third-order valence-corrected chi connectivity index (χ3v) is 10.3. The molecule has 1 amide bonds. The highest BCUT2D eigenvalue weighted by molar-refractivity contribution is 7.87. The van der Waals surface area contributed by atoms with Crippen LogP contribution in [0.2, 0.25) is 0 Å². The molecule has 0 radical (unpaired) electrons. The molecule has 1 aliphatic carbocycles. The van der Waals surface area contributed by atoms with Gasteiger partial charge in [-0.1, -0.05) is 49.6 Å². The minimum atomic E-state index is -3.94. The summed E-state index contributed by atoms with van der Waals surface area (Å²) in [7, 11) is -1.19. The van der Waals surface area contributed by atoms with Gasteiger partial charge in [-0.25, -0.2) is 4.72 Å². The smallest absolute Gasteiger partial charge is 0.303 e. The number of hydrogen-bond donors (Lipinski definition) is 2. The summed E-state index contributed by atoms with van der Waals surface area (Å²) in [5, 5.41) is 4.35. The summed E-state index contributed by atoms with van der Waals surface area (Å²) >= 11 is 0. The van der Waals surface area contributed by atoms with Gasteiger partial charge in [-0.05, 0) is 48.4 Å². The van der Waals surface area contributed by atoms with E-state index in [1.165, 1.54) is 38.9 Å². The van der Waals surface area contributed by atoms with Crippen LogP contribution in [0.15, 0.2) is 42.5 Å². The first-order chi connectivity index (χ1) is 19.7. The van der Waals surface area contributed by atoms with Crippen molar-refractivity contribution in [3.63, 3.8) is 0 Å². The lowest BCUT2D eigenvalue weighted by molar-refractivity contribution is -0.136. The van der Waals surface area contributed by atoms with Gasteiger partial charge in [0.05, 0.1) is 12.3 Å². The fourth-order valence-corrected chi connectivity index (χ4v) is 7.29. The highest BCUT2D eigenvalue weighted by atomic mass is 32.2. The van der Waals surface area contributed by atoms with Crippen molar-refractivity contribution in [3.8, 4) is 11.3 Å². The number of carbonyl (C=O) groups excluding carboxylic acids is 2. The molecule has 2 atom stereocenters. The Morgan fingerprint density at radius 1 is 1.07 bits per heavy atom. The molecular weight excluding hydrogens is 540 g/mol. The van der Waals surface area contributed by atoms with E-state index >= 15 is 0 Å². The van der Waals surface area contributed by atoms with E-state index in [0.717, 1.165) is 51.4 Å². The molecule has 0 spiro atoms. The van der Waals surface area contributed by atoms with E-state index < -0.39 is 22.2 Å². The van der Waals surface area contributed by atoms with E-state index in [0.29, 0.717) is 32.0 Å². The zero-order valence-corrected chi connectivity index (χ0v) is 24.5. The van der Waals surface area contributed by atoms with Crippen LogP contribution in [-0.2, 0) is 32.7 Å². The number of carbonyl (C=O) groups is 2. The Bertz CT molecular complexity index is 1580. The third kappa shape index (κ3) is 5.34. The third-order valence-electron chi connectivity index (χ3n) is 8.87. The van der Waals surface area contributed by atoms with Crippen LogP contribution in [0.5, 0.6) is 0 Å². The quantitative estimate of drug-likeness (QED) is 0.463. The number of rotatable bonds is 6. The summed E-state index contributed by atoms with van der Waals surface area (Å²) in [6.45, 7) is 2.22. The van der Waals surface area contributed by atoms with E-state index in [9.17, 15) is 18.0 Å². The molecule has 2 aliphatic heterocycles. The second-order valence-corrected chi connectivity index (χ2v) is 13.6. The van der Waals surface area contributed by atoms with Gasteiger partial charge in [0.15, 0.2) is 5.78 Å². The molecule has 1 saturated carbocycles. The summed E-state index contributed by atoms with van der Waals surface area (Å²) < 4.78 is 36.0. The van der Waals surface area contributed by atoms with E-state index in [1.807, 2.05) is 18.2 Å². The van der Waals surface area contributed by atoms with E-state index in [-0.39, 0.29) is 17.3 Å². The average Bonchev–Trinajstić information content (AvgIpc) is 3.19. The van der Waals surface area contributed by atoms with Crippen molar-refractivity contribution < 1.29 is 22.7 Å². The molecule has 3 aromatic rings. The molecule has 2 fully saturated rings. The standard InChI is InChI=1S/C31H38N4O5S/c1-34(2)41(38,39)33-31(37)22-12-13-25-26(17-22)35-19-23(30(36)27-18-32-14-15-40-27)16-21-10-6-7-11-24(21)29(35)28(25)20-8-4-3-5-9-20/h6-7,10-13,17,20,23,27,32H,3-5,8-9,14-16,18-19H2,1-2H3,(H,33,37). The average molecular weight is 579 g/mol. The predicted molar refractivity (Wildman–Crippen MR) is 158 cm³/mol. The fourth-order valence-electron chi connectivity index (χ4n) is 6.75. The number of fused-ring (bicyclic) bond motifs is 5. The van der Waals surface area contributed by atoms with Gasteiger partial charge in [-0.2, -0.15) is 12.7 Å². The minimum absolute atomic E-state index is 0.0897. The number of nitrogens with zero attached hydrogens (tertiary/aromatic N) is 2. The normalized spacial score (nSPS) is 21.7. The Labute approximate surface area is 241 Å². The second-order valence-electron chi connectivity index (χ2n) is 11.7. The van der Waals surface area contributed by atoms with Crippen molar-refractivity contribution in [1.29, 1.82) is 0 Å². The number of amides is 1. The lowest BCUT2D eigenvalue weighted by Gasteiger charge is -2.26. The van der Waals surface area contributed by atoms with Crippen LogP contribution in [0, 0.1) is 5.92 Å². The lowest BCUT2D eigenvalue weighted by Crippen LogP contribution is -2.46. The zero-order valence-electron chi connectivity index (χ0n) is 23.7. The monoisotopic (exact) mass is 578 g/mol. The van der Waals surface area contributed by atoms with Crippen molar-refractivity contribution in [2.24, 2.45) is 5.92 Å². The Morgan fingerprint density at radius 2 is 1.85 bits per heavy atom. The van der Waals surface area contributed by atoms with E-state index in [4.69, 9.17) is 4.74 Å². The molecule has 0 bridgehead atoms. The van der Waals surface area contributed by atoms with Crippen LogP contribution < -0.4 is 10.0 Å². The maximum Gasteiger partial charge on any atom is 0.303 e. The minimum Gasteiger partial charge on any atom is -0.368 e. The van der Waals surface area contributed by atoms with Gasteiger partial charge >= 0.3 is 10.2 Å². The Kier molecular flexibility index (Phi) is 7.76. The molecule has 3 aliphatic rings. The Balaban J connectivity index is 1.52. The van der Waals surface area contributed by atoms with Crippen molar-refractivity contribution in [1.82, 2.24) is 18.9 Å². The number of hydrogen-bond acceptors (Lipinski definition) is 6. The first-order valence-electron chi connectivity index (χ1n) is 14.6. The predicted octanol–water partition coefficient (Wildman–Crippen LogP) is 3.62. The first kappa shape index (κ1) is 28.1. The molecule has 2 aromatic carbocycles. The number of benzene rings is 2. The summed E-state index contributed by atoms with van der Waals surface area (Å²) in [6, 6.07) is 13.8. The first-order valence-corrected chi connectivity index (χ1v) is 16.0. The van der Waals surface area contributed by atoms with Crippen LogP contribution >= 0.6 is 0 Å². The van der Waals surface area contributed by atoms with Gasteiger partial charge in [-0.15, -0.1) is 0 Å². The van der Waals surface area contributed by atoms with Gasteiger partial charge in [0.25, 0.3) is 5.91 Å². The molecule has 41 heavy (non-hydrogen) atoms. The number of Topliss-reactive ketones (excluding diaryl/α,β-unsaturated/α-hetero) is 1. The summed E-state index contributed by atoms with van der Waals surface area (Å²) in [6.07, 6.45) is 5.91. The van der Waals surface area contributed by atoms with E-state index in [1.54, 1.807) is 12.1 Å². The van der Waals surface area contributed by atoms with Gasteiger partial charge < -0.3 is 14.6 Å². The summed E-state index contributed by atoms with van der Waals surface area (Å²) in [5.74, 6) is -0.517. The Morgan fingerprint density at radius 3 is 2.59 bits per heavy atom. The van der Waals surface area contributed by atoms with Gasteiger partial charge in [0.2, 0.25) is 0 Å². The number of ether oxygens (including phenoxy) is 1. The number of nitrogens with one attached hydrogen (secondary N) is 2. The molecule has 2 N–H and O–H groups in total. The van der Waals surface area contributed by atoms with Crippen molar-refractivity contribution in [2.75, 3.05) is 33.8 Å². The number of morpholine rings is 1. The van der Waals surface area contributed by atoms with Crippen LogP contribution in [0.3, 0.4) is 0 Å². The number of aromatic nitrogens is 1. The molecule has 1 saturated heterocycles. The maximum atomic E-state index is 13.9. The lowest BCUT2D eigenvalue weighted by atomic mass is 9.81. The van der Waals surface area contributed by atoms with Crippen molar-refractivity contribution in [2.45, 2.75) is 57.1 Å². The SMILES string of the molecule is CN(C)S(=O)(=O)NC(=O)c1ccc2c(C3CCCCC3)c3n(c2c1)CC(C(=O)C1CNCCO1)Cc1ccccc1-3. The maximum absolute atomic E-state index is 13.9. The van der Waals surface area contributed by atoms with Crippen LogP contribution in [0.25, 0.3) is 22.2 Å². The second kappa shape index (κ2) is 11.3. The highest BCUT2D eigenvalue weighted by Gasteiger charge is 2.36. The Hall–Kier alpha value is -3.05. The molecule has 1 aromatic heterocycles. The van der Waals surface area contributed by atoms with Crippen molar-refractivity contribution in [3.05, 3.63) is 59.2 Å². The van der Waals surface area contributed by atoms with E-state index in [2.05, 4.69) is 26.7 Å². The molecule has 9 nitrogen and oxygen atoms in total. The van der Waals surface area contributed by atoms with Crippen LogP contribution in [-0.4, -0.2) is 68.9 Å². The fraction of sp³-hybridized carbons (Fsp3) is 0.484. The van der Waals surface area contributed by atoms with Gasteiger partial charge in [-0.3, -0.25) is 9.59 Å². The summed E-state index contributed by atoms with van der Waals surface area (Å²) in [5.41, 5.74) is 5.79.